The van der Waals surface area contributed by atoms with E-state index >= 15 is 0 Å². The molecule has 3 aromatic rings. The number of nitrogens with zero attached hydrogens (tertiary/aromatic N) is 2. The van der Waals surface area contributed by atoms with Crippen molar-refractivity contribution in [2.24, 2.45) is 0 Å². The number of alkyl halides is 1. The van der Waals surface area contributed by atoms with E-state index in [0.717, 1.165) is 73.3 Å². The monoisotopic (exact) mass is 534 g/mol. The van der Waals surface area contributed by atoms with Crippen molar-refractivity contribution in [1.29, 1.82) is 5.26 Å². The number of fused-ring (bicyclic) bond motifs is 1. The van der Waals surface area contributed by atoms with Crippen LogP contribution in [0.25, 0.3) is 11.1 Å². The zero-order valence-electron chi connectivity index (χ0n) is 20.7. The smallest absolute Gasteiger partial charge is 0.119 e. The van der Waals surface area contributed by atoms with Gasteiger partial charge in [0.1, 0.15) is 11.9 Å². The van der Waals surface area contributed by atoms with Gasteiger partial charge in [-0.1, -0.05) is 47.5 Å². The molecule has 0 N–H and O–H groups in total. The fourth-order valence-electron chi connectivity index (χ4n) is 5.46. The molecule has 0 aromatic heterocycles. The molecule has 1 unspecified atom stereocenters. The number of hydrogen-bond donors (Lipinski definition) is 0. The molecule has 2 aliphatic rings. The third-order valence-electron chi connectivity index (χ3n) is 7.22. The van der Waals surface area contributed by atoms with E-state index in [1.165, 1.54) is 11.1 Å². The maximum Gasteiger partial charge on any atom is 0.119 e. The average molecular weight is 535 g/mol. The van der Waals surface area contributed by atoms with Gasteiger partial charge in [-0.2, -0.15) is 5.26 Å². The molecular formula is C31H29Cl2FN2O. The summed E-state index contributed by atoms with van der Waals surface area (Å²) >= 11 is 12.9. The Morgan fingerprint density at radius 1 is 1.00 bits per heavy atom. The van der Waals surface area contributed by atoms with Gasteiger partial charge >= 0.3 is 0 Å². The Morgan fingerprint density at radius 2 is 1.81 bits per heavy atom. The van der Waals surface area contributed by atoms with E-state index < -0.39 is 0 Å². The first-order valence-electron chi connectivity index (χ1n) is 12.8. The van der Waals surface area contributed by atoms with Crippen molar-refractivity contribution in [3.63, 3.8) is 0 Å². The molecule has 6 heteroatoms. The van der Waals surface area contributed by atoms with Gasteiger partial charge in [-0.05, 0) is 102 Å². The van der Waals surface area contributed by atoms with Crippen LogP contribution in [-0.4, -0.2) is 37.3 Å². The van der Waals surface area contributed by atoms with E-state index in [1.807, 2.05) is 36.4 Å². The highest BCUT2D eigenvalue weighted by molar-refractivity contribution is 6.36. The molecule has 1 aliphatic carbocycles. The normalized spacial score (nSPS) is 17.8. The van der Waals surface area contributed by atoms with E-state index in [4.69, 9.17) is 27.9 Å². The first-order valence-corrected chi connectivity index (χ1v) is 13.6. The highest BCUT2D eigenvalue weighted by atomic mass is 35.5. The first kappa shape index (κ1) is 25.8. The Hall–Kier alpha value is -2.84. The molecule has 3 nitrogen and oxygen atoms in total. The van der Waals surface area contributed by atoms with Crippen LogP contribution in [0, 0.1) is 11.3 Å². The number of likely N-dealkylation sites (tertiary alicyclic amines) is 1. The molecule has 5 rings (SSSR count). The molecule has 1 saturated heterocycles. The largest absolute Gasteiger partial charge is 0.489 e. The fraction of sp³-hybridized carbons (Fsp3) is 0.323. The quantitative estimate of drug-likeness (QED) is 0.308. The molecule has 1 fully saturated rings. The van der Waals surface area contributed by atoms with Gasteiger partial charge in [-0.25, -0.2) is 0 Å². The lowest BCUT2D eigenvalue weighted by atomic mass is 9.87. The lowest BCUT2D eigenvalue weighted by Gasteiger charge is -2.19. The second-order valence-electron chi connectivity index (χ2n) is 9.71. The van der Waals surface area contributed by atoms with Crippen molar-refractivity contribution in [1.82, 2.24) is 4.90 Å². The minimum absolute atomic E-state index is 0.121. The molecule has 37 heavy (non-hydrogen) atoms. The maximum atomic E-state index is 12.5. The summed E-state index contributed by atoms with van der Waals surface area (Å²) in [5, 5.41) is 10.7. The lowest BCUT2D eigenvalue weighted by molar-refractivity contribution is 0.198. The summed E-state index contributed by atoms with van der Waals surface area (Å²) in [6, 6.07) is 22.2. The summed E-state index contributed by atoms with van der Waals surface area (Å²) < 4.78 is 18.8. The van der Waals surface area contributed by atoms with Gasteiger partial charge in [0.15, 0.2) is 0 Å². The van der Waals surface area contributed by atoms with E-state index in [2.05, 4.69) is 29.2 Å². The van der Waals surface area contributed by atoms with Crippen molar-refractivity contribution in [2.75, 3.05) is 26.3 Å². The number of aryl methyl sites for hydroxylation is 1. The minimum Gasteiger partial charge on any atom is -0.489 e. The third-order valence-corrected chi connectivity index (χ3v) is 7.77. The van der Waals surface area contributed by atoms with Crippen LogP contribution >= 0.6 is 23.2 Å². The van der Waals surface area contributed by atoms with Gasteiger partial charge in [0.25, 0.3) is 0 Å². The van der Waals surface area contributed by atoms with Crippen molar-refractivity contribution in [2.45, 2.75) is 38.2 Å². The Morgan fingerprint density at radius 3 is 2.57 bits per heavy atom. The average Bonchev–Trinajstić information content (AvgIpc) is 3.26. The Kier molecular flexibility index (Phi) is 8.15. The van der Waals surface area contributed by atoms with Crippen molar-refractivity contribution < 1.29 is 9.13 Å². The van der Waals surface area contributed by atoms with Crippen LogP contribution in [0.1, 0.15) is 53.5 Å². The van der Waals surface area contributed by atoms with Crippen LogP contribution in [-0.2, 0) is 6.42 Å². The maximum absolute atomic E-state index is 12.5. The Labute approximate surface area is 228 Å². The van der Waals surface area contributed by atoms with Gasteiger partial charge < -0.3 is 4.74 Å². The zero-order valence-corrected chi connectivity index (χ0v) is 22.2. The highest BCUT2D eigenvalue weighted by Crippen LogP contribution is 2.42. The summed E-state index contributed by atoms with van der Waals surface area (Å²) in [6.07, 6.45) is 4.37. The second kappa shape index (κ2) is 11.7. The topological polar surface area (TPSA) is 36.3 Å². The number of halogens is 3. The van der Waals surface area contributed by atoms with Gasteiger partial charge in [0.05, 0.1) is 18.3 Å². The predicted molar refractivity (Wildman–Crippen MR) is 149 cm³/mol. The predicted octanol–water partition coefficient (Wildman–Crippen LogP) is 7.97. The molecule has 0 bridgehead atoms. The summed E-state index contributed by atoms with van der Waals surface area (Å²) in [4.78, 5) is 2.27. The van der Waals surface area contributed by atoms with Crippen LogP contribution in [0.5, 0.6) is 5.75 Å². The standard InChI is InChI=1S/C31H29Cl2FN2O/c32-24-8-12-28(30(33)18-24)29-4-1-3-23-17-21(19-35)5-11-27(23)31(29)22-6-9-25(10-7-22)37-26-13-16-36(20-26)15-2-14-34/h5-12,17-18,26H,1-4,13-16,20H2. The van der Waals surface area contributed by atoms with Crippen LogP contribution in [0.15, 0.2) is 60.7 Å². The van der Waals surface area contributed by atoms with Crippen LogP contribution in [0.2, 0.25) is 10.0 Å². The molecule has 0 amide bonds. The van der Waals surface area contributed by atoms with Gasteiger partial charge in [-0.3, -0.25) is 9.29 Å². The van der Waals surface area contributed by atoms with Gasteiger partial charge in [0, 0.05) is 29.7 Å². The number of benzene rings is 3. The Bertz CT molecular complexity index is 1350. The summed E-state index contributed by atoms with van der Waals surface area (Å²) in [5.41, 5.74) is 7.35. The number of allylic oxidation sites excluding steroid dienone is 1. The number of rotatable bonds is 7. The van der Waals surface area contributed by atoms with Crippen molar-refractivity contribution >= 4 is 34.3 Å². The van der Waals surface area contributed by atoms with E-state index in [0.29, 0.717) is 22.0 Å². The SMILES string of the molecule is N#Cc1ccc2c(c1)CCCC(c1ccc(Cl)cc1Cl)=C2c1ccc(OC2CCN(CCCF)C2)cc1. The van der Waals surface area contributed by atoms with Crippen LogP contribution in [0.4, 0.5) is 4.39 Å². The molecule has 0 radical (unpaired) electrons. The molecule has 1 aliphatic heterocycles. The van der Waals surface area contributed by atoms with Gasteiger partial charge in [-0.15, -0.1) is 0 Å². The van der Waals surface area contributed by atoms with Crippen molar-refractivity contribution in [3.8, 4) is 11.8 Å². The van der Waals surface area contributed by atoms with Crippen LogP contribution in [0.3, 0.4) is 0 Å². The molecular weight excluding hydrogens is 506 g/mol. The zero-order chi connectivity index (χ0) is 25.8. The van der Waals surface area contributed by atoms with E-state index in [1.54, 1.807) is 6.07 Å². The number of hydrogen-bond acceptors (Lipinski definition) is 3. The van der Waals surface area contributed by atoms with E-state index in [9.17, 15) is 9.65 Å². The Balaban J connectivity index is 1.50. The molecule has 3 aromatic carbocycles. The molecule has 0 spiro atoms. The number of ether oxygens (including phenoxy) is 1. The van der Waals surface area contributed by atoms with Crippen LogP contribution < -0.4 is 4.74 Å². The number of nitriles is 1. The first-order chi connectivity index (χ1) is 18.1. The fourth-order valence-corrected chi connectivity index (χ4v) is 5.99. The molecule has 1 atom stereocenters. The molecule has 1 heterocycles. The molecule has 0 saturated carbocycles. The van der Waals surface area contributed by atoms with Gasteiger partial charge in [0.2, 0.25) is 0 Å². The minimum atomic E-state index is -0.274. The molecule has 190 valence electrons. The summed E-state index contributed by atoms with van der Waals surface area (Å²) in [6.45, 7) is 2.29. The second-order valence-corrected chi connectivity index (χ2v) is 10.6. The third kappa shape index (κ3) is 5.85. The highest BCUT2D eigenvalue weighted by Gasteiger charge is 2.25. The lowest BCUT2D eigenvalue weighted by Crippen LogP contribution is -2.26. The summed E-state index contributed by atoms with van der Waals surface area (Å²) in [5.74, 6) is 0.835. The van der Waals surface area contributed by atoms with E-state index in [-0.39, 0.29) is 12.8 Å². The van der Waals surface area contributed by atoms with Crippen molar-refractivity contribution in [3.05, 3.63) is 98.5 Å². The summed E-state index contributed by atoms with van der Waals surface area (Å²) in [7, 11) is 0.